The van der Waals surface area contributed by atoms with E-state index in [1.165, 1.54) is 5.69 Å². The summed E-state index contributed by atoms with van der Waals surface area (Å²) in [6.07, 6.45) is 4.80. The molecular weight excluding hydrogens is 238 g/mol. The standard InChI is InChI=1S/C16H21NO2/c1-2-9-19-16-7-5-12(6-8-16)17-13-3-4-14(17)11-15(18)10-13/h5-8,13-14H,2-4,9-11H2,1H3. The number of ketones is 1. The van der Waals surface area contributed by atoms with Gasteiger partial charge in [-0.3, -0.25) is 4.79 Å². The predicted octanol–water partition coefficient (Wildman–Crippen LogP) is 3.18. The Morgan fingerprint density at radius 3 is 2.37 bits per heavy atom. The van der Waals surface area contributed by atoms with Gasteiger partial charge in [-0.05, 0) is 43.5 Å². The van der Waals surface area contributed by atoms with Gasteiger partial charge in [-0.2, -0.15) is 0 Å². The average molecular weight is 259 g/mol. The summed E-state index contributed by atoms with van der Waals surface area (Å²) in [5.74, 6) is 1.37. The van der Waals surface area contributed by atoms with Crippen LogP contribution in [0, 0.1) is 0 Å². The fraction of sp³-hybridized carbons (Fsp3) is 0.562. The van der Waals surface area contributed by atoms with Crippen molar-refractivity contribution in [3.63, 3.8) is 0 Å². The summed E-state index contributed by atoms with van der Waals surface area (Å²) in [5, 5.41) is 0. The second kappa shape index (κ2) is 5.24. The van der Waals surface area contributed by atoms with Gasteiger partial charge in [0.05, 0.1) is 6.61 Å². The monoisotopic (exact) mass is 259 g/mol. The first kappa shape index (κ1) is 12.5. The largest absolute Gasteiger partial charge is 0.494 e. The molecule has 0 aromatic heterocycles. The summed E-state index contributed by atoms with van der Waals surface area (Å²) < 4.78 is 5.61. The Kier molecular flexibility index (Phi) is 3.45. The molecule has 0 saturated carbocycles. The molecule has 2 bridgehead atoms. The maximum atomic E-state index is 11.6. The molecule has 2 aliphatic rings. The summed E-state index contributed by atoms with van der Waals surface area (Å²) in [7, 11) is 0. The Hall–Kier alpha value is -1.51. The van der Waals surface area contributed by atoms with Crippen LogP contribution in [-0.2, 0) is 4.79 Å². The summed E-state index contributed by atoms with van der Waals surface area (Å²) in [6, 6.07) is 9.20. The van der Waals surface area contributed by atoms with Crippen LogP contribution in [0.2, 0.25) is 0 Å². The van der Waals surface area contributed by atoms with E-state index in [4.69, 9.17) is 4.74 Å². The van der Waals surface area contributed by atoms with E-state index in [-0.39, 0.29) is 0 Å². The van der Waals surface area contributed by atoms with Crippen LogP contribution in [0.25, 0.3) is 0 Å². The van der Waals surface area contributed by atoms with Gasteiger partial charge < -0.3 is 9.64 Å². The maximum Gasteiger partial charge on any atom is 0.137 e. The fourth-order valence-electron chi connectivity index (χ4n) is 3.33. The van der Waals surface area contributed by atoms with E-state index in [9.17, 15) is 4.79 Å². The second-order valence-corrected chi connectivity index (χ2v) is 5.58. The highest BCUT2D eigenvalue weighted by atomic mass is 16.5. The topological polar surface area (TPSA) is 29.5 Å². The van der Waals surface area contributed by atoms with Gasteiger partial charge in [0.15, 0.2) is 0 Å². The molecule has 2 saturated heterocycles. The zero-order valence-electron chi connectivity index (χ0n) is 11.5. The zero-order chi connectivity index (χ0) is 13.2. The first-order valence-corrected chi connectivity index (χ1v) is 7.31. The van der Waals surface area contributed by atoms with Crippen LogP contribution < -0.4 is 9.64 Å². The highest BCUT2D eigenvalue weighted by molar-refractivity contribution is 5.83. The zero-order valence-corrected chi connectivity index (χ0v) is 11.5. The molecule has 1 aromatic rings. The molecule has 0 N–H and O–H groups in total. The molecule has 0 aliphatic carbocycles. The third kappa shape index (κ3) is 2.46. The lowest BCUT2D eigenvalue weighted by atomic mass is 10.0. The number of carbonyl (C=O) groups excluding carboxylic acids is 1. The number of fused-ring (bicyclic) bond motifs is 2. The van der Waals surface area contributed by atoms with Gasteiger partial charge in [-0.15, -0.1) is 0 Å². The minimum Gasteiger partial charge on any atom is -0.494 e. The first-order chi connectivity index (χ1) is 9.28. The lowest BCUT2D eigenvalue weighted by molar-refractivity contribution is -0.120. The van der Waals surface area contributed by atoms with Crippen LogP contribution in [0.4, 0.5) is 5.69 Å². The van der Waals surface area contributed by atoms with E-state index in [1.54, 1.807) is 0 Å². The molecule has 0 amide bonds. The SMILES string of the molecule is CCCOc1ccc(N2C3CCC2CC(=O)C3)cc1. The lowest BCUT2D eigenvalue weighted by Gasteiger charge is -2.36. The quantitative estimate of drug-likeness (QED) is 0.831. The Balaban J connectivity index is 1.74. The van der Waals surface area contributed by atoms with E-state index in [2.05, 4.69) is 24.0 Å². The molecule has 0 radical (unpaired) electrons. The fourth-order valence-corrected chi connectivity index (χ4v) is 3.33. The van der Waals surface area contributed by atoms with Crippen molar-refractivity contribution in [2.24, 2.45) is 0 Å². The second-order valence-electron chi connectivity index (χ2n) is 5.58. The van der Waals surface area contributed by atoms with Crippen molar-refractivity contribution in [3.05, 3.63) is 24.3 Å². The summed E-state index contributed by atoms with van der Waals surface area (Å²) in [4.78, 5) is 14.1. The van der Waals surface area contributed by atoms with E-state index < -0.39 is 0 Å². The normalized spacial score (nSPS) is 25.7. The molecule has 1 aromatic carbocycles. The van der Waals surface area contributed by atoms with E-state index in [0.29, 0.717) is 17.9 Å². The van der Waals surface area contributed by atoms with Crippen LogP contribution in [0.3, 0.4) is 0 Å². The number of hydrogen-bond donors (Lipinski definition) is 0. The molecule has 2 atom stereocenters. The summed E-state index contributed by atoms with van der Waals surface area (Å²) >= 11 is 0. The predicted molar refractivity (Wildman–Crippen MR) is 75.8 cm³/mol. The van der Waals surface area contributed by atoms with Crippen molar-refractivity contribution in [2.45, 2.75) is 51.1 Å². The number of hydrogen-bond acceptors (Lipinski definition) is 3. The number of ether oxygens (including phenoxy) is 1. The number of Topliss-reactive ketones (excluding diaryl/α,β-unsaturated/α-hetero) is 1. The van der Waals surface area contributed by atoms with E-state index in [0.717, 1.165) is 44.5 Å². The van der Waals surface area contributed by atoms with Crippen LogP contribution in [0.15, 0.2) is 24.3 Å². The van der Waals surface area contributed by atoms with Gasteiger partial charge in [0.25, 0.3) is 0 Å². The van der Waals surface area contributed by atoms with Crippen LogP contribution in [0.5, 0.6) is 5.75 Å². The molecular formula is C16H21NO2. The Morgan fingerprint density at radius 1 is 1.16 bits per heavy atom. The highest BCUT2D eigenvalue weighted by Gasteiger charge is 2.39. The van der Waals surface area contributed by atoms with Crippen molar-refractivity contribution in [1.29, 1.82) is 0 Å². The number of nitrogens with zero attached hydrogens (tertiary/aromatic N) is 1. The van der Waals surface area contributed by atoms with Gasteiger partial charge in [0.2, 0.25) is 0 Å². The van der Waals surface area contributed by atoms with E-state index >= 15 is 0 Å². The van der Waals surface area contributed by atoms with Crippen LogP contribution in [-0.4, -0.2) is 24.5 Å². The van der Waals surface area contributed by atoms with Gasteiger partial charge in [0.1, 0.15) is 11.5 Å². The Bertz CT molecular complexity index is 438. The first-order valence-electron chi connectivity index (χ1n) is 7.31. The molecule has 19 heavy (non-hydrogen) atoms. The smallest absolute Gasteiger partial charge is 0.137 e. The van der Waals surface area contributed by atoms with Crippen molar-refractivity contribution >= 4 is 11.5 Å². The lowest BCUT2D eigenvalue weighted by Crippen LogP contribution is -2.43. The van der Waals surface area contributed by atoms with Crippen molar-refractivity contribution in [3.8, 4) is 5.75 Å². The van der Waals surface area contributed by atoms with Crippen LogP contribution in [0.1, 0.15) is 39.0 Å². The van der Waals surface area contributed by atoms with Gasteiger partial charge in [-0.25, -0.2) is 0 Å². The average Bonchev–Trinajstić information content (AvgIpc) is 2.69. The molecule has 3 nitrogen and oxygen atoms in total. The highest BCUT2D eigenvalue weighted by Crippen LogP contribution is 2.38. The van der Waals surface area contributed by atoms with Gasteiger partial charge in [-0.1, -0.05) is 6.92 Å². The molecule has 2 heterocycles. The third-order valence-corrected chi connectivity index (χ3v) is 4.15. The molecule has 3 rings (SSSR count). The number of benzene rings is 1. The minimum atomic E-state index is 0.425. The molecule has 3 heteroatoms. The molecule has 0 spiro atoms. The summed E-state index contributed by atoms with van der Waals surface area (Å²) in [6.45, 7) is 2.87. The number of piperidine rings is 1. The maximum absolute atomic E-state index is 11.6. The van der Waals surface area contributed by atoms with Crippen molar-refractivity contribution in [1.82, 2.24) is 0 Å². The van der Waals surface area contributed by atoms with Crippen molar-refractivity contribution < 1.29 is 9.53 Å². The van der Waals surface area contributed by atoms with Crippen LogP contribution >= 0.6 is 0 Å². The minimum absolute atomic E-state index is 0.425. The molecule has 2 aliphatic heterocycles. The number of rotatable bonds is 4. The Labute approximate surface area is 114 Å². The molecule has 2 unspecified atom stereocenters. The van der Waals surface area contributed by atoms with E-state index in [1.807, 2.05) is 12.1 Å². The van der Waals surface area contributed by atoms with Gasteiger partial charge >= 0.3 is 0 Å². The van der Waals surface area contributed by atoms with Crippen molar-refractivity contribution in [2.75, 3.05) is 11.5 Å². The third-order valence-electron chi connectivity index (χ3n) is 4.15. The number of anilines is 1. The Morgan fingerprint density at radius 2 is 1.79 bits per heavy atom. The molecule has 102 valence electrons. The molecule has 2 fully saturated rings. The number of carbonyl (C=O) groups is 1. The summed E-state index contributed by atoms with van der Waals surface area (Å²) in [5.41, 5.74) is 1.24. The van der Waals surface area contributed by atoms with Gasteiger partial charge in [0, 0.05) is 30.6 Å².